The Labute approximate surface area is 164 Å². The highest BCUT2D eigenvalue weighted by atomic mass is 35.5. The van der Waals surface area contributed by atoms with Crippen molar-refractivity contribution in [3.05, 3.63) is 69.7 Å². The summed E-state index contributed by atoms with van der Waals surface area (Å²) in [6.07, 6.45) is 0. The number of halogens is 1. The third-order valence-electron chi connectivity index (χ3n) is 4.06. The van der Waals surface area contributed by atoms with Crippen molar-refractivity contribution in [1.29, 1.82) is 0 Å². The molecule has 1 amide bonds. The molecule has 0 aliphatic carbocycles. The standard InChI is InChI=1S/C19H13ClN4O2S/c1-11(25)12-6-8-13(9-7-12)22-23-18-17(14-4-2-3-5-15(14)20)24-16(26)10-21-19(24)27-18/h2-9H,10H2,1H3. The summed E-state index contributed by atoms with van der Waals surface area (Å²) in [6, 6.07) is 14.1. The molecule has 0 saturated heterocycles. The number of ketones is 1. The molecule has 0 N–H and O–H groups in total. The number of Topliss-reactive ketones (excluding diaryl/α,β-unsaturated/α-hetero) is 1. The van der Waals surface area contributed by atoms with Crippen LogP contribution in [-0.4, -0.2) is 28.3 Å². The van der Waals surface area contributed by atoms with E-state index in [1.54, 1.807) is 35.2 Å². The van der Waals surface area contributed by atoms with E-state index >= 15 is 0 Å². The summed E-state index contributed by atoms with van der Waals surface area (Å²) in [7, 11) is 0. The molecule has 0 unspecified atom stereocenters. The SMILES string of the molecule is CC(=O)c1ccc(N=NC2=C(c3ccccc3Cl)N3C(=O)CN=C3S2)cc1. The van der Waals surface area contributed by atoms with Crippen LogP contribution in [0.2, 0.25) is 5.02 Å². The van der Waals surface area contributed by atoms with Gasteiger partial charge in [-0.1, -0.05) is 29.8 Å². The third-order valence-corrected chi connectivity index (χ3v) is 5.36. The first-order valence-corrected chi connectivity index (χ1v) is 9.31. The molecule has 0 radical (unpaired) electrons. The average Bonchev–Trinajstić information content (AvgIpc) is 3.20. The molecular formula is C19H13ClN4O2S. The van der Waals surface area contributed by atoms with Crippen LogP contribution in [0.15, 0.2) is 68.8 Å². The Kier molecular flexibility index (Phi) is 4.63. The summed E-state index contributed by atoms with van der Waals surface area (Å²) in [5.41, 5.74) is 2.51. The van der Waals surface area contributed by atoms with Gasteiger partial charge in [-0.15, -0.1) is 10.2 Å². The third kappa shape index (κ3) is 3.31. The van der Waals surface area contributed by atoms with Gasteiger partial charge in [-0.05, 0) is 49.0 Å². The van der Waals surface area contributed by atoms with E-state index in [0.29, 0.717) is 37.7 Å². The predicted octanol–water partition coefficient (Wildman–Crippen LogP) is 4.90. The molecule has 8 heteroatoms. The predicted molar refractivity (Wildman–Crippen MR) is 106 cm³/mol. The number of fused-ring (bicyclic) bond motifs is 1. The number of aliphatic imine (C=N–C) groups is 1. The van der Waals surface area contributed by atoms with Crippen molar-refractivity contribution < 1.29 is 9.59 Å². The Bertz CT molecular complexity index is 1040. The van der Waals surface area contributed by atoms with Crippen LogP contribution in [0.4, 0.5) is 5.69 Å². The first kappa shape index (κ1) is 17.6. The van der Waals surface area contributed by atoms with Crippen LogP contribution in [0.1, 0.15) is 22.8 Å². The van der Waals surface area contributed by atoms with Gasteiger partial charge in [-0.3, -0.25) is 19.5 Å². The number of azo groups is 1. The van der Waals surface area contributed by atoms with E-state index in [9.17, 15) is 9.59 Å². The summed E-state index contributed by atoms with van der Waals surface area (Å²) in [6.45, 7) is 1.63. The number of amidine groups is 1. The van der Waals surface area contributed by atoms with Crippen molar-refractivity contribution in [2.45, 2.75) is 6.92 Å². The molecular weight excluding hydrogens is 384 g/mol. The van der Waals surface area contributed by atoms with Gasteiger partial charge in [0, 0.05) is 16.1 Å². The normalized spacial score (nSPS) is 16.3. The van der Waals surface area contributed by atoms with Gasteiger partial charge in [-0.2, -0.15) is 0 Å². The monoisotopic (exact) mass is 396 g/mol. The molecule has 0 bridgehead atoms. The topological polar surface area (TPSA) is 74.5 Å². The maximum atomic E-state index is 12.3. The molecule has 0 spiro atoms. The van der Waals surface area contributed by atoms with E-state index in [-0.39, 0.29) is 18.2 Å². The van der Waals surface area contributed by atoms with Crippen LogP contribution >= 0.6 is 23.4 Å². The van der Waals surface area contributed by atoms with Gasteiger partial charge in [0.15, 0.2) is 16.0 Å². The highest BCUT2D eigenvalue weighted by Crippen LogP contribution is 2.44. The van der Waals surface area contributed by atoms with E-state index in [1.807, 2.05) is 18.2 Å². The molecule has 4 rings (SSSR count). The van der Waals surface area contributed by atoms with Crippen molar-refractivity contribution in [2.24, 2.45) is 15.2 Å². The fraction of sp³-hybridized carbons (Fsp3) is 0.105. The molecule has 2 aromatic rings. The zero-order valence-corrected chi connectivity index (χ0v) is 15.8. The fourth-order valence-electron chi connectivity index (χ4n) is 2.73. The van der Waals surface area contributed by atoms with Gasteiger partial charge in [0.05, 0.1) is 11.4 Å². The van der Waals surface area contributed by atoms with Crippen molar-refractivity contribution >= 4 is 51.6 Å². The number of amides is 1. The van der Waals surface area contributed by atoms with Crippen LogP contribution in [0, 0.1) is 0 Å². The fourth-order valence-corrected chi connectivity index (χ4v) is 3.93. The lowest BCUT2D eigenvalue weighted by Gasteiger charge is -2.15. The van der Waals surface area contributed by atoms with Gasteiger partial charge < -0.3 is 0 Å². The number of benzene rings is 2. The zero-order chi connectivity index (χ0) is 19.0. The minimum absolute atomic E-state index is 0.00861. The summed E-state index contributed by atoms with van der Waals surface area (Å²) in [5, 5.41) is 10.2. The summed E-state index contributed by atoms with van der Waals surface area (Å²) in [5.74, 6) is -0.130. The van der Waals surface area contributed by atoms with Crippen LogP contribution in [-0.2, 0) is 4.79 Å². The second kappa shape index (κ2) is 7.09. The van der Waals surface area contributed by atoms with E-state index in [4.69, 9.17) is 11.6 Å². The lowest BCUT2D eigenvalue weighted by molar-refractivity contribution is -0.122. The summed E-state index contributed by atoms with van der Waals surface area (Å²) >= 11 is 7.63. The van der Waals surface area contributed by atoms with Gasteiger partial charge in [-0.25, -0.2) is 0 Å². The van der Waals surface area contributed by atoms with Gasteiger partial charge in [0.2, 0.25) is 0 Å². The number of carbonyl (C=O) groups is 2. The highest BCUT2D eigenvalue weighted by Gasteiger charge is 2.39. The first-order chi connectivity index (χ1) is 13.0. The van der Waals surface area contributed by atoms with Gasteiger partial charge in [0.25, 0.3) is 5.91 Å². The van der Waals surface area contributed by atoms with Crippen LogP contribution < -0.4 is 0 Å². The molecule has 2 aromatic carbocycles. The Morgan fingerprint density at radius 3 is 2.59 bits per heavy atom. The molecule has 134 valence electrons. The Hall–Kier alpha value is -2.77. The number of rotatable bonds is 4. The van der Waals surface area contributed by atoms with Crippen molar-refractivity contribution in [2.75, 3.05) is 6.54 Å². The Balaban J connectivity index is 1.74. The lowest BCUT2D eigenvalue weighted by atomic mass is 10.1. The van der Waals surface area contributed by atoms with Gasteiger partial charge >= 0.3 is 0 Å². The van der Waals surface area contributed by atoms with Crippen LogP contribution in [0.3, 0.4) is 0 Å². The molecule has 6 nitrogen and oxygen atoms in total. The van der Waals surface area contributed by atoms with E-state index in [2.05, 4.69) is 15.2 Å². The Morgan fingerprint density at radius 2 is 1.89 bits per heavy atom. The molecule has 2 heterocycles. The minimum Gasteiger partial charge on any atom is -0.295 e. The molecule has 2 aliphatic rings. The lowest BCUT2D eigenvalue weighted by Crippen LogP contribution is -2.26. The number of hydrogen-bond donors (Lipinski definition) is 0. The van der Waals surface area contributed by atoms with Crippen LogP contribution in [0.5, 0.6) is 0 Å². The molecule has 0 atom stereocenters. The van der Waals surface area contributed by atoms with E-state index in [0.717, 1.165) is 0 Å². The van der Waals surface area contributed by atoms with Crippen molar-refractivity contribution in [3.63, 3.8) is 0 Å². The van der Waals surface area contributed by atoms with Crippen LogP contribution in [0.25, 0.3) is 5.70 Å². The summed E-state index contributed by atoms with van der Waals surface area (Å²) < 4.78 is 0. The largest absolute Gasteiger partial charge is 0.295 e. The number of nitrogens with zero attached hydrogens (tertiary/aromatic N) is 4. The molecule has 2 aliphatic heterocycles. The number of carbonyl (C=O) groups excluding carboxylic acids is 2. The molecule has 0 saturated carbocycles. The summed E-state index contributed by atoms with van der Waals surface area (Å²) in [4.78, 5) is 29.5. The molecule has 0 aromatic heterocycles. The van der Waals surface area contributed by atoms with Crippen molar-refractivity contribution in [1.82, 2.24) is 4.90 Å². The number of thioether (sulfide) groups is 1. The maximum Gasteiger partial charge on any atom is 0.255 e. The van der Waals surface area contributed by atoms with Gasteiger partial charge in [0.1, 0.15) is 6.54 Å². The maximum absolute atomic E-state index is 12.3. The average molecular weight is 397 g/mol. The smallest absolute Gasteiger partial charge is 0.255 e. The number of hydrogen-bond acceptors (Lipinski definition) is 6. The highest BCUT2D eigenvalue weighted by molar-refractivity contribution is 8.17. The Morgan fingerprint density at radius 1 is 1.15 bits per heavy atom. The van der Waals surface area contributed by atoms with Crippen molar-refractivity contribution in [3.8, 4) is 0 Å². The quantitative estimate of drug-likeness (QED) is 0.545. The molecule has 0 fully saturated rings. The van der Waals surface area contributed by atoms with E-state index < -0.39 is 0 Å². The second-order valence-corrected chi connectivity index (χ2v) is 7.23. The first-order valence-electron chi connectivity index (χ1n) is 8.12. The van der Waals surface area contributed by atoms with E-state index in [1.165, 1.54) is 18.7 Å². The zero-order valence-electron chi connectivity index (χ0n) is 14.2. The molecule has 27 heavy (non-hydrogen) atoms. The minimum atomic E-state index is -0.122. The second-order valence-electron chi connectivity index (χ2n) is 5.87.